The van der Waals surface area contributed by atoms with E-state index < -0.39 is 0 Å². The van der Waals surface area contributed by atoms with E-state index in [1.54, 1.807) is 23.2 Å². The van der Waals surface area contributed by atoms with Crippen molar-refractivity contribution in [2.75, 3.05) is 13.1 Å². The van der Waals surface area contributed by atoms with Crippen molar-refractivity contribution in [1.82, 2.24) is 9.88 Å². The van der Waals surface area contributed by atoms with Crippen LogP contribution in [-0.2, 0) is 0 Å². The lowest BCUT2D eigenvalue weighted by atomic mass is 10.1. The molecule has 1 fully saturated rings. The van der Waals surface area contributed by atoms with Gasteiger partial charge in [0.1, 0.15) is 6.10 Å². The van der Waals surface area contributed by atoms with Crippen molar-refractivity contribution in [3.8, 4) is 11.9 Å². The summed E-state index contributed by atoms with van der Waals surface area (Å²) in [5, 5.41) is 10.7. The number of hydrogen-bond donors (Lipinski definition) is 0. The Morgan fingerprint density at radius 3 is 3.05 bits per heavy atom. The topological polar surface area (TPSA) is 66.2 Å². The second-order valence-electron chi connectivity index (χ2n) is 4.42. The fourth-order valence-corrected chi connectivity index (χ4v) is 2.64. The third kappa shape index (κ3) is 2.49. The molecule has 1 aliphatic heterocycles. The van der Waals surface area contributed by atoms with Gasteiger partial charge in [0.25, 0.3) is 5.91 Å². The van der Waals surface area contributed by atoms with Crippen LogP contribution in [0.25, 0.3) is 0 Å². The van der Waals surface area contributed by atoms with Crippen molar-refractivity contribution < 1.29 is 9.53 Å². The van der Waals surface area contributed by atoms with Crippen LogP contribution in [0.1, 0.15) is 15.2 Å². The fourth-order valence-electron chi connectivity index (χ4n) is 1.95. The highest BCUT2D eigenvalue weighted by atomic mass is 32.1. The van der Waals surface area contributed by atoms with Gasteiger partial charge in [-0.15, -0.1) is 11.3 Å². The van der Waals surface area contributed by atoms with E-state index in [0.29, 0.717) is 24.5 Å². The summed E-state index contributed by atoms with van der Waals surface area (Å²) in [6, 6.07) is 8.95. The molecular weight excluding hydrogens is 274 g/mol. The lowest BCUT2D eigenvalue weighted by molar-refractivity contribution is 0.0163. The average molecular weight is 285 g/mol. The van der Waals surface area contributed by atoms with Gasteiger partial charge in [-0.2, -0.15) is 5.26 Å². The molecule has 3 rings (SSSR count). The van der Waals surface area contributed by atoms with Gasteiger partial charge < -0.3 is 9.64 Å². The largest absolute Gasteiger partial charge is 0.471 e. The van der Waals surface area contributed by atoms with Crippen molar-refractivity contribution >= 4 is 17.2 Å². The number of hydrogen-bond acceptors (Lipinski definition) is 5. The van der Waals surface area contributed by atoms with Crippen LogP contribution in [0.5, 0.6) is 5.88 Å². The van der Waals surface area contributed by atoms with Crippen LogP contribution >= 0.6 is 11.3 Å². The molecule has 0 spiro atoms. The number of pyridine rings is 1. The van der Waals surface area contributed by atoms with Crippen molar-refractivity contribution in [1.29, 1.82) is 5.26 Å². The van der Waals surface area contributed by atoms with Gasteiger partial charge in [0.15, 0.2) is 0 Å². The minimum absolute atomic E-state index is 0.0404. The number of carbonyl (C=O) groups is 1. The van der Waals surface area contributed by atoms with E-state index >= 15 is 0 Å². The van der Waals surface area contributed by atoms with Gasteiger partial charge in [0.05, 0.1) is 29.6 Å². The zero-order valence-electron chi connectivity index (χ0n) is 10.5. The standard InChI is InChI=1S/C14H11N3O2S/c15-7-10-3-4-16-13(6-10)19-11-8-17(9-11)14(18)12-2-1-5-20-12/h1-6,11H,8-9H2. The molecule has 6 heteroatoms. The van der Waals surface area contributed by atoms with E-state index in [0.717, 1.165) is 4.88 Å². The van der Waals surface area contributed by atoms with Crippen LogP contribution < -0.4 is 4.74 Å². The molecule has 20 heavy (non-hydrogen) atoms. The summed E-state index contributed by atoms with van der Waals surface area (Å²) in [4.78, 5) is 18.5. The molecule has 1 saturated heterocycles. The van der Waals surface area contributed by atoms with Crippen molar-refractivity contribution in [3.05, 3.63) is 46.3 Å². The van der Waals surface area contributed by atoms with Crippen molar-refractivity contribution in [3.63, 3.8) is 0 Å². The van der Waals surface area contributed by atoms with E-state index in [-0.39, 0.29) is 12.0 Å². The SMILES string of the molecule is N#Cc1ccnc(OC2CN(C(=O)c3cccs3)C2)c1. The molecule has 1 amide bonds. The highest BCUT2D eigenvalue weighted by Crippen LogP contribution is 2.20. The Morgan fingerprint density at radius 1 is 1.50 bits per heavy atom. The number of nitriles is 1. The van der Waals surface area contributed by atoms with Crippen LogP contribution in [-0.4, -0.2) is 35.0 Å². The van der Waals surface area contributed by atoms with Gasteiger partial charge >= 0.3 is 0 Å². The predicted octanol–water partition coefficient (Wildman–Crippen LogP) is 1.92. The molecule has 3 heterocycles. The number of likely N-dealkylation sites (tertiary alicyclic amines) is 1. The molecule has 5 nitrogen and oxygen atoms in total. The van der Waals surface area contributed by atoms with Crippen molar-refractivity contribution in [2.24, 2.45) is 0 Å². The molecule has 0 aliphatic carbocycles. The average Bonchev–Trinajstić information content (AvgIpc) is 2.96. The van der Waals surface area contributed by atoms with Gasteiger partial charge in [-0.05, 0) is 17.5 Å². The van der Waals surface area contributed by atoms with Crippen molar-refractivity contribution in [2.45, 2.75) is 6.10 Å². The van der Waals surface area contributed by atoms with Crippen LogP contribution in [0.15, 0.2) is 35.8 Å². The molecular formula is C14H11N3O2S. The monoisotopic (exact) mass is 285 g/mol. The van der Waals surface area contributed by atoms with Crippen LogP contribution in [0.2, 0.25) is 0 Å². The van der Waals surface area contributed by atoms with Crippen LogP contribution in [0, 0.1) is 11.3 Å². The first-order valence-electron chi connectivity index (χ1n) is 6.12. The maximum atomic E-state index is 12.0. The maximum absolute atomic E-state index is 12.0. The minimum atomic E-state index is -0.0552. The molecule has 0 aromatic carbocycles. The molecule has 2 aromatic heterocycles. The number of amides is 1. The zero-order chi connectivity index (χ0) is 13.9. The molecule has 2 aromatic rings. The van der Waals surface area contributed by atoms with Crippen LogP contribution in [0.3, 0.4) is 0 Å². The first kappa shape index (κ1) is 12.6. The number of thiophene rings is 1. The third-order valence-corrected chi connectivity index (χ3v) is 3.88. The Kier molecular flexibility index (Phi) is 3.35. The molecule has 0 atom stereocenters. The second kappa shape index (κ2) is 5.31. The van der Waals surface area contributed by atoms with Gasteiger partial charge in [0, 0.05) is 12.3 Å². The van der Waals surface area contributed by atoms with Gasteiger partial charge in [0.2, 0.25) is 5.88 Å². The van der Waals surface area contributed by atoms with E-state index in [9.17, 15) is 4.79 Å². The maximum Gasteiger partial charge on any atom is 0.264 e. The highest BCUT2D eigenvalue weighted by Gasteiger charge is 2.33. The zero-order valence-corrected chi connectivity index (χ0v) is 11.3. The summed E-state index contributed by atoms with van der Waals surface area (Å²) in [6.07, 6.45) is 1.49. The van der Waals surface area contributed by atoms with Gasteiger partial charge in [-0.25, -0.2) is 4.98 Å². The summed E-state index contributed by atoms with van der Waals surface area (Å²) < 4.78 is 5.64. The Balaban J connectivity index is 1.56. The van der Waals surface area contributed by atoms with Crippen LogP contribution in [0.4, 0.5) is 0 Å². The number of carbonyl (C=O) groups excluding carboxylic acids is 1. The number of ether oxygens (including phenoxy) is 1. The van der Waals surface area contributed by atoms with E-state index in [1.807, 2.05) is 23.6 Å². The van der Waals surface area contributed by atoms with E-state index in [4.69, 9.17) is 10.00 Å². The number of nitrogens with zero attached hydrogens (tertiary/aromatic N) is 3. The fraction of sp³-hybridized carbons (Fsp3) is 0.214. The Bertz CT molecular complexity index is 657. The van der Waals surface area contributed by atoms with Gasteiger partial charge in [-0.1, -0.05) is 6.07 Å². The quantitative estimate of drug-likeness (QED) is 0.864. The highest BCUT2D eigenvalue weighted by molar-refractivity contribution is 7.12. The molecule has 0 unspecified atom stereocenters. The predicted molar refractivity (Wildman–Crippen MR) is 73.6 cm³/mol. The summed E-state index contributed by atoms with van der Waals surface area (Å²) in [5.74, 6) is 0.468. The summed E-state index contributed by atoms with van der Waals surface area (Å²) in [5.41, 5.74) is 0.515. The first-order chi connectivity index (χ1) is 9.76. The Morgan fingerprint density at radius 2 is 2.35 bits per heavy atom. The summed E-state index contributed by atoms with van der Waals surface area (Å²) in [6.45, 7) is 1.10. The van der Waals surface area contributed by atoms with E-state index in [2.05, 4.69) is 4.98 Å². The van der Waals surface area contributed by atoms with E-state index in [1.165, 1.54) is 11.3 Å². The molecule has 0 radical (unpaired) electrons. The Labute approximate surface area is 120 Å². The smallest absolute Gasteiger partial charge is 0.264 e. The number of rotatable bonds is 3. The lowest BCUT2D eigenvalue weighted by Gasteiger charge is -2.38. The normalized spacial score (nSPS) is 14.4. The summed E-state index contributed by atoms with van der Waals surface area (Å²) in [7, 11) is 0. The molecule has 0 N–H and O–H groups in total. The second-order valence-corrected chi connectivity index (χ2v) is 5.37. The minimum Gasteiger partial charge on any atom is -0.471 e. The Hall–Kier alpha value is -2.39. The first-order valence-corrected chi connectivity index (χ1v) is 7.00. The molecule has 1 aliphatic rings. The van der Waals surface area contributed by atoms with Gasteiger partial charge in [-0.3, -0.25) is 4.79 Å². The molecule has 0 bridgehead atoms. The molecule has 100 valence electrons. The number of aromatic nitrogens is 1. The summed E-state index contributed by atoms with van der Waals surface area (Å²) >= 11 is 1.44. The molecule has 0 saturated carbocycles. The third-order valence-electron chi connectivity index (χ3n) is 3.02. The lowest BCUT2D eigenvalue weighted by Crippen LogP contribution is -2.56.